The Labute approximate surface area is 163 Å². The fourth-order valence-corrected chi connectivity index (χ4v) is 3.48. The number of rotatable bonds is 5. The van der Waals surface area contributed by atoms with Crippen molar-refractivity contribution >= 4 is 5.91 Å². The molecule has 0 unspecified atom stereocenters. The van der Waals surface area contributed by atoms with E-state index in [1.165, 1.54) is 6.42 Å². The second kappa shape index (κ2) is 7.92. The van der Waals surface area contributed by atoms with Gasteiger partial charge in [0.25, 0.3) is 11.8 Å². The van der Waals surface area contributed by atoms with Crippen molar-refractivity contribution in [1.82, 2.24) is 29.6 Å². The summed E-state index contributed by atoms with van der Waals surface area (Å²) in [6.07, 6.45) is 8.98. The van der Waals surface area contributed by atoms with Crippen molar-refractivity contribution in [2.45, 2.75) is 39.5 Å². The maximum Gasteiger partial charge on any atom is 0.274 e. The second-order valence-electron chi connectivity index (χ2n) is 7.33. The van der Waals surface area contributed by atoms with Crippen LogP contribution < -0.4 is 0 Å². The van der Waals surface area contributed by atoms with E-state index in [-0.39, 0.29) is 5.91 Å². The average molecular weight is 380 g/mol. The zero-order valence-corrected chi connectivity index (χ0v) is 16.2. The molecule has 8 heteroatoms. The standard InChI is InChI=1S/C20H24N6O2/c1-3-5-17-23-19(28-24-17)15-7-8-21-18(10-15)26-12-16(22-13-26)20(27)25-9-4-6-14(2)11-25/h7-8,10,12-14H,3-6,9,11H2,1-2H3/t14-/m1/s1. The quantitative estimate of drug-likeness (QED) is 0.675. The molecule has 8 nitrogen and oxygen atoms in total. The fourth-order valence-electron chi connectivity index (χ4n) is 3.48. The molecule has 1 amide bonds. The molecule has 1 saturated heterocycles. The number of carbonyl (C=O) groups excluding carboxylic acids is 1. The lowest BCUT2D eigenvalue weighted by Gasteiger charge is -2.30. The highest BCUT2D eigenvalue weighted by molar-refractivity contribution is 5.92. The van der Waals surface area contributed by atoms with Crippen LogP contribution in [0.5, 0.6) is 0 Å². The second-order valence-corrected chi connectivity index (χ2v) is 7.33. The Hall–Kier alpha value is -3.03. The normalized spacial score (nSPS) is 17.1. The minimum absolute atomic E-state index is 0.0254. The van der Waals surface area contributed by atoms with E-state index in [1.807, 2.05) is 17.0 Å². The van der Waals surface area contributed by atoms with Gasteiger partial charge in [-0.15, -0.1) is 0 Å². The lowest BCUT2D eigenvalue weighted by molar-refractivity contribution is 0.0677. The summed E-state index contributed by atoms with van der Waals surface area (Å²) in [6, 6.07) is 3.67. The third-order valence-electron chi connectivity index (χ3n) is 4.94. The number of amides is 1. The fraction of sp³-hybridized carbons (Fsp3) is 0.450. The Bertz CT molecular complexity index is 963. The van der Waals surface area contributed by atoms with Crippen molar-refractivity contribution in [2.24, 2.45) is 5.92 Å². The Morgan fingerprint density at radius 1 is 1.36 bits per heavy atom. The number of aryl methyl sites for hydroxylation is 1. The summed E-state index contributed by atoms with van der Waals surface area (Å²) in [4.78, 5) is 27.7. The van der Waals surface area contributed by atoms with Gasteiger partial charge < -0.3 is 9.42 Å². The summed E-state index contributed by atoms with van der Waals surface area (Å²) in [5, 5.41) is 3.99. The first-order valence-corrected chi connectivity index (χ1v) is 9.76. The zero-order chi connectivity index (χ0) is 19.5. The van der Waals surface area contributed by atoms with Gasteiger partial charge in [-0.05, 0) is 37.3 Å². The highest BCUT2D eigenvalue weighted by Gasteiger charge is 2.23. The van der Waals surface area contributed by atoms with E-state index in [4.69, 9.17) is 4.52 Å². The largest absolute Gasteiger partial charge is 0.337 e. The zero-order valence-electron chi connectivity index (χ0n) is 16.2. The summed E-state index contributed by atoms with van der Waals surface area (Å²) in [5.41, 5.74) is 1.22. The van der Waals surface area contributed by atoms with Crippen molar-refractivity contribution in [1.29, 1.82) is 0 Å². The highest BCUT2D eigenvalue weighted by Crippen LogP contribution is 2.21. The summed E-state index contributed by atoms with van der Waals surface area (Å²) >= 11 is 0. The smallest absolute Gasteiger partial charge is 0.274 e. The van der Waals surface area contributed by atoms with Crippen molar-refractivity contribution in [3.8, 4) is 17.3 Å². The summed E-state index contributed by atoms with van der Waals surface area (Å²) in [5.74, 6) is 2.31. The Morgan fingerprint density at radius 2 is 2.25 bits per heavy atom. The van der Waals surface area contributed by atoms with Crippen LogP contribution >= 0.6 is 0 Å². The van der Waals surface area contributed by atoms with Gasteiger partial charge in [0.2, 0.25) is 0 Å². The van der Waals surface area contributed by atoms with E-state index in [2.05, 4.69) is 34.0 Å². The number of hydrogen-bond acceptors (Lipinski definition) is 6. The van der Waals surface area contributed by atoms with Crippen molar-refractivity contribution in [3.63, 3.8) is 0 Å². The molecule has 1 fully saturated rings. The van der Waals surface area contributed by atoms with Crippen LogP contribution in [0.15, 0.2) is 35.4 Å². The number of nitrogens with zero attached hydrogens (tertiary/aromatic N) is 6. The highest BCUT2D eigenvalue weighted by atomic mass is 16.5. The first-order chi connectivity index (χ1) is 13.6. The Balaban J connectivity index is 1.54. The van der Waals surface area contributed by atoms with Gasteiger partial charge in [-0.25, -0.2) is 9.97 Å². The van der Waals surface area contributed by atoms with Crippen LogP contribution in [-0.2, 0) is 6.42 Å². The summed E-state index contributed by atoms with van der Waals surface area (Å²) in [6.45, 7) is 5.83. The molecular formula is C20H24N6O2. The summed E-state index contributed by atoms with van der Waals surface area (Å²) < 4.78 is 7.10. The third kappa shape index (κ3) is 3.81. The number of imidazole rings is 1. The molecule has 3 aromatic rings. The lowest BCUT2D eigenvalue weighted by Crippen LogP contribution is -2.39. The van der Waals surface area contributed by atoms with Crippen molar-refractivity contribution < 1.29 is 9.32 Å². The molecule has 0 radical (unpaired) electrons. The minimum atomic E-state index is -0.0254. The number of hydrogen-bond donors (Lipinski definition) is 0. The molecule has 0 N–H and O–H groups in total. The first-order valence-electron chi connectivity index (χ1n) is 9.76. The molecule has 0 bridgehead atoms. The number of pyridine rings is 1. The van der Waals surface area contributed by atoms with Gasteiger partial charge in [0.05, 0.1) is 0 Å². The van der Waals surface area contributed by atoms with Gasteiger partial charge in [-0.1, -0.05) is 19.0 Å². The first kappa shape index (κ1) is 18.3. The molecule has 1 atom stereocenters. The van der Waals surface area contributed by atoms with E-state index in [0.717, 1.165) is 37.9 Å². The van der Waals surface area contributed by atoms with E-state index in [1.54, 1.807) is 23.3 Å². The topological polar surface area (TPSA) is 89.9 Å². The van der Waals surface area contributed by atoms with E-state index < -0.39 is 0 Å². The van der Waals surface area contributed by atoms with Crippen LogP contribution in [0.1, 0.15) is 49.4 Å². The molecule has 0 aromatic carbocycles. The molecule has 1 aliphatic rings. The predicted molar refractivity (Wildman–Crippen MR) is 103 cm³/mol. The summed E-state index contributed by atoms with van der Waals surface area (Å²) in [7, 11) is 0. The van der Waals surface area contributed by atoms with Gasteiger partial charge >= 0.3 is 0 Å². The molecule has 1 aliphatic heterocycles. The third-order valence-corrected chi connectivity index (χ3v) is 4.94. The van der Waals surface area contributed by atoms with E-state index >= 15 is 0 Å². The van der Waals surface area contributed by atoms with Crippen molar-refractivity contribution in [3.05, 3.63) is 42.4 Å². The molecule has 3 aromatic heterocycles. The van der Waals surface area contributed by atoms with E-state index in [0.29, 0.717) is 29.1 Å². The van der Waals surface area contributed by atoms with Gasteiger partial charge in [0.1, 0.15) is 17.8 Å². The molecule has 4 heterocycles. The molecular weight excluding hydrogens is 356 g/mol. The molecule has 0 aliphatic carbocycles. The van der Waals surface area contributed by atoms with Crippen LogP contribution in [0, 0.1) is 5.92 Å². The number of likely N-dealkylation sites (tertiary alicyclic amines) is 1. The minimum Gasteiger partial charge on any atom is -0.337 e. The van der Waals surface area contributed by atoms with E-state index in [9.17, 15) is 4.79 Å². The Kier molecular flexibility index (Phi) is 5.18. The van der Waals surface area contributed by atoms with Gasteiger partial charge in [-0.2, -0.15) is 4.98 Å². The lowest BCUT2D eigenvalue weighted by atomic mass is 10.0. The molecule has 4 rings (SSSR count). The van der Waals surface area contributed by atoms with Crippen LogP contribution in [0.2, 0.25) is 0 Å². The van der Waals surface area contributed by atoms with Gasteiger partial charge in [0.15, 0.2) is 5.82 Å². The molecule has 0 saturated carbocycles. The monoisotopic (exact) mass is 380 g/mol. The van der Waals surface area contributed by atoms with Crippen LogP contribution in [0.4, 0.5) is 0 Å². The Morgan fingerprint density at radius 3 is 3.07 bits per heavy atom. The average Bonchev–Trinajstić information content (AvgIpc) is 3.38. The molecule has 146 valence electrons. The predicted octanol–water partition coefficient (Wildman–Crippen LogP) is 3.14. The number of carbonyl (C=O) groups is 1. The SMILES string of the molecule is CCCc1noc(-c2ccnc(-n3cnc(C(=O)N4CCC[C@@H](C)C4)c3)c2)n1. The van der Waals surface area contributed by atoms with Crippen LogP contribution in [0.3, 0.4) is 0 Å². The van der Waals surface area contributed by atoms with Gasteiger partial charge in [0, 0.05) is 37.5 Å². The maximum absolute atomic E-state index is 12.7. The maximum atomic E-state index is 12.7. The van der Waals surface area contributed by atoms with Gasteiger partial charge in [-0.3, -0.25) is 9.36 Å². The molecule has 0 spiro atoms. The molecule has 28 heavy (non-hydrogen) atoms. The van der Waals surface area contributed by atoms with Crippen molar-refractivity contribution in [2.75, 3.05) is 13.1 Å². The van der Waals surface area contributed by atoms with Crippen LogP contribution in [0.25, 0.3) is 17.3 Å². The number of piperidine rings is 1. The van der Waals surface area contributed by atoms with Crippen LogP contribution in [-0.4, -0.2) is 48.6 Å². The number of aromatic nitrogens is 5.